The first-order valence-corrected chi connectivity index (χ1v) is 8.06. The van der Waals surface area contributed by atoms with E-state index in [2.05, 4.69) is 27.7 Å². The summed E-state index contributed by atoms with van der Waals surface area (Å²) in [7, 11) is 0. The molecule has 23 heavy (non-hydrogen) atoms. The van der Waals surface area contributed by atoms with Crippen molar-refractivity contribution in [1.82, 2.24) is 0 Å². The van der Waals surface area contributed by atoms with Crippen LogP contribution in [0.1, 0.15) is 53.4 Å². The molecule has 2 rings (SSSR count). The molecule has 2 nitrogen and oxygen atoms in total. The fraction of sp³-hybridized carbons (Fsp3) is 0.400. The van der Waals surface area contributed by atoms with Crippen molar-refractivity contribution < 1.29 is 10.2 Å². The summed E-state index contributed by atoms with van der Waals surface area (Å²) < 4.78 is 0. The van der Waals surface area contributed by atoms with E-state index < -0.39 is 0 Å². The van der Waals surface area contributed by atoms with Gasteiger partial charge in [-0.3, -0.25) is 0 Å². The van der Waals surface area contributed by atoms with Crippen molar-refractivity contribution in [2.45, 2.75) is 53.4 Å². The smallest absolute Gasteiger partial charge is 0.872 e. The molecule has 0 saturated heterocycles. The minimum Gasteiger partial charge on any atom is -0.872 e. The summed E-state index contributed by atoms with van der Waals surface area (Å²) in [5.74, 6) is 0.144. The number of hydrogen-bond acceptors (Lipinski definition) is 2. The van der Waals surface area contributed by atoms with Gasteiger partial charge in [0.1, 0.15) is 0 Å². The van der Waals surface area contributed by atoms with Gasteiger partial charge in [-0.15, -0.1) is 11.5 Å². The van der Waals surface area contributed by atoms with Gasteiger partial charge in [-0.1, -0.05) is 114 Å². The minimum atomic E-state index is 0. The Morgan fingerprint density at radius 3 is 0.826 bits per heavy atom. The van der Waals surface area contributed by atoms with Crippen LogP contribution in [0.2, 0.25) is 0 Å². The Bertz CT molecular complexity index is 359. The number of rotatable bonds is 2. The summed E-state index contributed by atoms with van der Waals surface area (Å²) in [4.78, 5) is 0. The Kier molecular flexibility index (Phi) is 26.8. The van der Waals surface area contributed by atoms with Gasteiger partial charge in [-0.2, -0.15) is 0 Å². The van der Waals surface area contributed by atoms with Crippen LogP contribution in [0.15, 0.2) is 60.7 Å². The van der Waals surface area contributed by atoms with Crippen LogP contribution < -0.4 is 10.2 Å². The third-order valence-electron chi connectivity index (χ3n) is 2.49. The molecule has 0 aliphatic carbocycles. The summed E-state index contributed by atoms with van der Waals surface area (Å²) in [6.45, 7) is 8.72. The van der Waals surface area contributed by atoms with Gasteiger partial charge < -0.3 is 10.2 Å². The molecular weight excluding hydrogens is 391 g/mol. The molecule has 0 aromatic heterocycles. The van der Waals surface area contributed by atoms with Gasteiger partial charge in [0.15, 0.2) is 0 Å². The van der Waals surface area contributed by atoms with E-state index in [1.807, 2.05) is 12.1 Å². The minimum absolute atomic E-state index is 0. The molecule has 0 aliphatic rings. The standard InChI is InChI=1S/2C6H6O.2C4H10.Sn/c2*7-6-4-2-1-3-5-6;2*1-3-4-2;/h2*1-5,7H;2*3-4H2,1-2H3;/q;;;;+2/p-2. The molecule has 3 heteroatoms. The first-order valence-electron chi connectivity index (χ1n) is 8.06. The average Bonchev–Trinajstić information content (AvgIpc) is 2.57. The largest absolute Gasteiger partial charge is 2.00 e. The average molecular weight is 421 g/mol. The van der Waals surface area contributed by atoms with Crippen molar-refractivity contribution in [2.24, 2.45) is 0 Å². The van der Waals surface area contributed by atoms with E-state index in [1.165, 1.54) is 49.9 Å². The van der Waals surface area contributed by atoms with E-state index in [4.69, 9.17) is 0 Å². The van der Waals surface area contributed by atoms with E-state index in [1.54, 1.807) is 24.3 Å². The monoisotopic (exact) mass is 422 g/mol. The molecule has 0 amide bonds. The molecule has 0 aliphatic heterocycles. The Labute approximate surface area is 159 Å². The van der Waals surface area contributed by atoms with Crippen LogP contribution >= 0.6 is 0 Å². The SMILES string of the molecule is CCCC.CCCC.[O-]c1ccccc1.[O-]c1ccccc1.[Sn+2]. The van der Waals surface area contributed by atoms with Gasteiger partial charge in [0.25, 0.3) is 0 Å². The summed E-state index contributed by atoms with van der Waals surface area (Å²) in [5, 5.41) is 20.5. The molecular formula is C20H30O2Sn. The van der Waals surface area contributed by atoms with E-state index in [9.17, 15) is 10.2 Å². The number of benzene rings is 2. The molecule has 0 unspecified atom stereocenters. The summed E-state index contributed by atoms with van der Waals surface area (Å²) >= 11 is 0. The predicted octanol–water partition coefficient (Wildman–Crippen LogP) is 4.75. The van der Waals surface area contributed by atoms with E-state index in [0.29, 0.717) is 0 Å². The third-order valence-corrected chi connectivity index (χ3v) is 2.49. The molecule has 0 atom stereocenters. The van der Waals surface area contributed by atoms with Crippen molar-refractivity contribution in [3.63, 3.8) is 0 Å². The van der Waals surface area contributed by atoms with Gasteiger partial charge in [-0.05, 0) is 0 Å². The second-order valence-electron chi connectivity index (χ2n) is 4.63. The quantitative estimate of drug-likeness (QED) is 0.657. The summed E-state index contributed by atoms with van der Waals surface area (Å²) in [5.41, 5.74) is 0. The van der Waals surface area contributed by atoms with Crippen LogP contribution in [0.25, 0.3) is 0 Å². The second-order valence-corrected chi connectivity index (χ2v) is 4.63. The molecule has 0 heterocycles. The first kappa shape index (κ1) is 26.7. The number of unbranched alkanes of at least 4 members (excludes halogenated alkanes) is 2. The van der Waals surface area contributed by atoms with E-state index in [0.717, 1.165) is 0 Å². The van der Waals surface area contributed by atoms with Crippen LogP contribution in [-0.4, -0.2) is 23.9 Å². The van der Waals surface area contributed by atoms with Crippen LogP contribution in [-0.2, 0) is 0 Å². The van der Waals surface area contributed by atoms with Crippen molar-refractivity contribution in [3.8, 4) is 11.5 Å². The van der Waals surface area contributed by atoms with Gasteiger partial charge >= 0.3 is 23.9 Å². The van der Waals surface area contributed by atoms with Gasteiger partial charge in [0.05, 0.1) is 0 Å². The Hall–Kier alpha value is -1.16. The molecule has 0 bridgehead atoms. The molecule has 2 radical (unpaired) electrons. The van der Waals surface area contributed by atoms with Crippen molar-refractivity contribution in [3.05, 3.63) is 60.7 Å². The van der Waals surface area contributed by atoms with Gasteiger partial charge in [0, 0.05) is 0 Å². The fourth-order valence-electron chi connectivity index (χ4n) is 0.841. The molecule has 0 fully saturated rings. The zero-order chi connectivity index (χ0) is 17.1. The molecule has 2 aromatic rings. The molecule has 126 valence electrons. The maximum atomic E-state index is 10.3. The normalized spacial score (nSPS) is 7.83. The zero-order valence-electron chi connectivity index (χ0n) is 14.9. The van der Waals surface area contributed by atoms with E-state index in [-0.39, 0.29) is 35.4 Å². The van der Waals surface area contributed by atoms with Crippen molar-refractivity contribution in [2.75, 3.05) is 0 Å². The summed E-state index contributed by atoms with van der Waals surface area (Å²) in [6, 6.07) is 16.7. The maximum Gasteiger partial charge on any atom is 2.00 e. The Morgan fingerprint density at radius 2 is 0.739 bits per heavy atom. The first-order chi connectivity index (χ1) is 10.6. The second kappa shape index (κ2) is 23.1. The number of hydrogen-bond donors (Lipinski definition) is 0. The molecule has 0 spiro atoms. The summed E-state index contributed by atoms with van der Waals surface area (Å²) in [6.07, 6.45) is 5.28. The van der Waals surface area contributed by atoms with Gasteiger partial charge in [0.2, 0.25) is 0 Å². The Balaban J connectivity index is -0.000000238. The molecule has 0 saturated carbocycles. The molecule has 0 N–H and O–H groups in total. The van der Waals surface area contributed by atoms with Crippen LogP contribution in [0.5, 0.6) is 11.5 Å². The maximum absolute atomic E-state index is 10.3. The fourth-order valence-corrected chi connectivity index (χ4v) is 0.841. The van der Waals surface area contributed by atoms with Crippen molar-refractivity contribution in [1.29, 1.82) is 0 Å². The predicted molar refractivity (Wildman–Crippen MR) is 98.7 cm³/mol. The van der Waals surface area contributed by atoms with Crippen molar-refractivity contribution >= 4 is 23.9 Å². The zero-order valence-corrected chi connectivity index (χ0v) is 17.8. The Morgan fingerprint density at radius 1 is 0.522 bits per heavy atom. The third kappa shape index (κ3) is 26.1. The van der Waals surface area contributed by atoms with Crippen LogP contribution in [0.3, 0.4) is 0 Å². The van der Waals surface area contributed by atoms with E-state index >= 15 is 0 Å². The van der Waals surface area contributed by atoms with Crippen LogP contribution in [0, 0.1) is 0 Å². The molecule has 2 aromatic carbocycles. The number of para-hydroxylation sites is 2. The van der Waals surface area contributed by atoms with Crippen LogP contribution in [0.4, 0.5) is 0 Å². The van der Waals surface area contributed by atoms with Gasteiger partial charge in [-0.25, -0.2) is 0 Å². The topological polar surface area (TPSA) is 46.1 Å².